The minimum absolute atomic E-state index is 0.00289. The van der Waals surface area contributed by atoms with E-state index in [-0.39, 0.29) is 12.6 Å². The Labute approximate surface area is 123 Å². The van der Waals surface area contributed by atoms with Crippen molar-refractivity contribution in [1.29, 1.82) is 0 Å². The number of aryl methyl sites for hydroxylation is 1. The van der Waals surface area contributed by atoms with Crippen LogP contribution in [0.5, 0.6) is 0 Å². The number of aliphatic hydroxyl groups is 1. The Bertz CT molecular complexity index is 597. The summed E-state index contributed by atoms with van der Waals surface area (Å²) in [4.78, 5) is 12.7. The molecule has 6 nitrogen and oxygen atoms in total. The van der Waals surface area contributed by atoms with Gasteiger partial charge in [0, 0.05) is 18.8 Å². The SMILES string of the molecule is CC(c1ccccc1)N(CC(O)c1cnn(C)c1)C(=O)O. The average molecular weight is 289 g/mol. The largest absolute Gasteiger partial charge is 0.465 e. The van der Waals surface area contributed by atoms with Gasteiger partial charge < -0.3 is 10.2 Å². The molecule has 0 aliphatic carbocycles. The van der Waals surface area contributed by atoms with E-state index in [0.717, 1.165) is 5.56 Å². The van der Waals surface area contributed by atoms with Gasteiger partial charge in [-0.05, 0) is 12.5 Å². The summed E-state index contributed by atoms with van der Waals surface area (Å²) in [5.74, 6) is 0. The maximum absolute atomic E-state index is 11.5. The quantitative estimate of drug-likeness (QED) is 0.884. The summed E-state index contributed by atoms with van der Waals surface area (Å²) in [7, 11) is 1.75. The van der Waals surface area contributed by atoms with E-state index in [9.17, 15) is 15.0 Å². The zero-order chi connectivity index (χ0) is 15.4. The Morgan fingerprint density at radius 2 is 2.00 bits per heavy atom. The van der Waals surface area contributed by atoms with E-state index in [1.54, 1.807) is 24.9 Å². The van der Waals surface area contributed by atoms with Crippen molar-refractivity contribution < 1.29 is 15.0 Å². The molecular formula is C15H19N3O3. The minimum Gasteiger partial charge on any atom is -0.465 e. The van der Waals surface area contributed by atoms with Crippen molar-refractivity contribution in [3.8, 4) is 0 Å². The molecule has 2 aromatic rings. The molecule has 0 saturated heterocycles. The number of hydrogen-bond acceptors (Lipinski definition) is 3. The van der Waals surface area contributed by atoms with Gasteiger partial charge in [0.2, 0.25) is 0 Å². The van der Waals surface area contributed by atoms with Crippen LogP contribution in [0.15, 0.2) is 42.7 Å². The van der Waals surface area contributed by atoms with E-state index < -0.39 is 12.2 Å². The standard InChI is InChI=1S/C15H19N3O3/c1-11(12-6-4-3-5-7-12)18(15(20)21)10-14(19)13-8-16-17(2)9-13/h3-9,11,14,19H,10H2,1-2H3,(H,20,21). The second-order valence-corrected chi connectivity index (χ2v) is 4.98. The van der Waals surface area contributed by atoms with Gasteiger partial charge in [0.15, 0.2) is 0 Å². The molecule has 2 unspecified atom stereocenters. The van der Waals surface area contributed by atoms with Gasteiger partial charge in [-0.2, -0.15) is 5.10 Å². The first-order chi connectivity index (χ1) is 9.99. The molecule has 21 heavy (non-hydrogen) atoms. The van der Waals surface area contributed by atoms with E-state index in [0.29, 0.717) is 5.56 Å². The summed E-state index contributed by atoms with van der Waals surface area (Å²) in [6, 6.07) is 9.02. The Hall–Kier alpha value is -2.34. The topological polar surface area (TPSA) is 78.6 Å². The third-order valence-corrected chi connectivity index (χ3v) is 3.47. The van der Waals surface area contributed by atoms with Crippen LogP contribution in [0, 0.1) is 0 Å². The molecule has 112 valence electrons. The second-order valence-electron chi connectivity index (χ2n) is 4.98. The molecule has 1 aromatic carbocycles. The van der Waals surface area contributed by atoms with Crippen molar-refractivity contribution in [3.05, 3.63) is 53.9 Å². The summed E-state index contributed by atoms with van der Waals surface area (Å²) in [5.41, 5.74) is 1.49. The van der Waals surface area contributed by atoms with Crippen molar-refractivity contribution >= 4 is 6.09 Å². The van der Waals surface area contributed by atoms with Crippen molar-refractivity contribution in [2.75, 3.05) is 6.54 Å². The average Bonchev–Trinajstić information content (AvgIpc) is 2.91. The molecule has 0 aliphatic rings. The fraction of sp³-hybridized carbons (Fsp3) is 0.333. The summed E-state index contributed by atoms with van der Waals surface area (Å²) in [5, 5.41) is 23.6. The molecule has 0 saturated carbocycles. The predicted molar refractivity (Wildman–Crippen MR) is 77.8 cm³/mol. The van der Waals surface area contributed by atoms with Crippen LogP contribution in [-0.2, 0) is 7.05 Å². The Morgan fingerprint density at radius 3 is 2.52 bits per heavy atom. The molecule has 0 aliphatic heterocycles. The summed E-state index contributed by atoms with van der Waals surface area (Å²) >= 11 is 0. The Balaban J connectivity index is 2.14. The number of carbonyl (C=O) groups is 1. The highest BCUT2D eigenvalue weighted by Gasteiger charge is 2.24. The second kappa shape index (κ2) is 6.41. The van der Waals surface area contributed by atoms with Gasteiger partial charge in [0.25, 0.3) is 0 Å². The Morgan fingerprint density at radius 1 is 1.33 bits per heavy atom. The minimum atomic E-state index is -1.06. The van der Waals surface area contributed by atoms with Crippen LogP contribution in [0.3, 0.4) is 0 Å². The van der Waals surface area contributed by atoms with E-state index >= 15 is 0 Å². The van der Waals surface area contributed by atoms with Crippen molar-refractivity contribution in [3.63, 3.8) is 0 Å². The highest BCUT2D eigenvalue weighted by atomic mass is 16.4. The van der Waals surface area contributed by atoms with Crippen LogP contribution < -0.4 is 0 Å². The Kier molecular flexibility index (Phi) is 4.59. The number of aromatic nitrogens is 2. The van der Waals surface area contributed by atoms with Crippen LogP contribution in [-0.4, -0.2) is 37.5 Å². The van der Waals surface area contributed by atoms with Gasteiger partial charge in [0.05, 0.1) is 24.9 Å². The molecule has 1 amide bonds. The molecule has 1 aromatic heterocycles. The van der Waals surface area contributed by atoms with Gasteiger partial charge in [-0.25, -0.2) is 4.79 Å². The maximum Gasteiger partial charge on any atom is 0.407 e. The monoisotopic (exact) mass is 289 g/mol. The van der Waals surface area contributed by atoms with Gasteiger partial charge in [-0.15, -0.1) is 0 Å². The van der Waals surface area contributed by atoms with E-state index in [4.69, 9.17) is 0 Å². The maximum atomic E-state index is 11.5. The van der Waals surface area contributed by atoms with Gasteiger partial charge >= 0.3 is 6.09 Å². The summed E-state index contributed by atoms with van der Waals surface area (Å²) < 4.78 is 1.57. The fourth-order valence-corrected chi connectivity index (χ4v) is 2.22. The fourth-order valence-electron chi connectivity index (χ4n) is 2.22. The lowest BCUT2D eigenvalue weighted by molar-refractivity contribution is 0.0798. The highest BCUT2D eigenvalue weighted by Crippen LogP contribution is 2.23. The third-order valence-electron chi connectivity index (χ3n) is 3.47. The van der Waals surface area contributed by atoms with Crippen LogP contribution in [0.25, 0.3) is 0 Å². The number of rotatable bonds is 5. The lowest BCUT2D eigenvalue weighted by Gasteiger charge is -2.28. The van der Waals surface area contributed by atoms with E-state index in [1.807, 2.05) is 30.3 Å². The van der Waals surface area contributed by atoms with Crippen LogP contribution >= 0.6 is 0 Å². The first-order valence-electron chi connectivity index (χ1n) is 6.70. The molecule has 6 heteroatoms. The molecule has 2 rings (SSSR count). The van der Waals surface area contributed by atoms with E-state index in [2.05, 4.69) is 5.10 Å². The molecular weight excluding hydrogens is 270 g/mol. The number of aliphatic hydroxyl groups excluding tert-OH is 1. The normalized spacial score (nSPS) is 13.7. The predicted octanol–water partition coefficient (Wildman–Crippen LogP) is 2.19. The zero-order valence-electron chi connectivity index (χ0n) is 12.0. The molecule has 0 radical (unpaired) electrons. The number of benzene rings is 1. The lowest BCUT2D eigenvalue weighted by Crippen LogP contribution is -2.35. The molecule has 0 bridgehead atoms. The third kappa shape index (κ3) is 3.61. The molecule has 2 N–H and O–H groups in total. The molecule has 1 heterocycles. The first-order valence-corrected chi connectivity index (χ1v) is 6.70. The van der Waals surface area contributed by atoms with Crippen LogP contribution in [0.4, 0.5) is 4.79 Å². The summed E-state index contributed by atoms with van der Waals surface area (Å²) in [6.07, 6.45) is 1.26. The van der Waals surface area contributed by atoms with Gasteiger partial charge in [0.1, 0.15) is 0 Å². The number of carboxylic acid groups (broad SMARTS) is 1. The number of hydrogen-bond donors (Lipinski definition) is 2. The zero-order valence-corrected chi connectivity index (χ0v) is 12.0. The number of nitrogens with zero attached hydrogens (tertiary/aromatic N) is 3. The molecule has 0 spiro atoms. The van der Waals surface area contributed by atoms with Gasteiger partial charge in [-0.1, -0.05) is 30.3 Å². The van der Waals surface area contributed by atoms with Crippen molar-refractivity contribution in [2.24, 2.45) is 7.05 Å². The highest BCUT2D eigenvalue weighted by molar-refractivity contribution is 5.65. The molecule has 0 fully saturated rings. The van der Waals surface area contributed by atoms with E-state index in [1.165, 1.54) is 11.1 Å². The van der Waals surface area contributed by atoms with Crippen molar-refractivity contribution in [1.82, 2.24) is 14.7 Å². The number of amides is 1. The van der Waals surface area contributed by atoms with Crippen molar-refractivity contribution in [2.45, 2.75) is 19.1 Å². The first kappa shape index (κ1) is 15.1. The van der Waals surface area contributed by atoms with Crippen LogP contribution in [0.1, 0.15) is 30.2 Å². The van der Waals surface area contributed by atoms with Gasteiger partial charge in [-0.3, -0.25) is 9.58 Å². The molecule has 2 atom stereocenters. The summed E-state index contributed by atoms with van der Waals surface area (Å²) in [6.45, 7) is 1.80. The lowest BCUT2D eigenvalue weighted by atomic mass is 10.1. The van der Waals surface area contributed by atoms with Crippen LogP contribution in [0.2, 0.25) is 0 Å². The smallest absolute Gasteiger partial charge is 0.407 e.